The van der Waals surface area contributed by atoms with Gasteiger partial charge in [-0.1, -0.05) is 0 Å². The molecule has 1 amide bonds. The molecular weight excluding hydrogens is 602 g/mol. The van der Waals surface area contributed by atoms with Crippen molar-refractivity contribution >= 4 is 6.09 Å². The number of amides is 1. The Morgan fingerprint density at radius 1 is 0.727 bits per heavy atom. The van der Waals surface area contributed by atoms with Crippen molar-refractivity contribution in [2.24, 2.45) is 10.2 Å². The number of aliphatic hydroxyl groups is 10. The summed E-state index contributed by atoms with van der Waals surface area (Å²) in [5.41, 5.74) is -0.995. The standard InChI is InChI=1S/C24H37N3O17/c1-2-3-24(26-27-24)7-25-23(38)44-19-16(36)18(9(5-29)39-20(19)37)43-22-15(35)13(33)17(10(6-30)41-22)42-21-14(34)12(32)11(31)8(4-28)40-21/h1,8-22,28-37H,3-7H2,(H,25,38)/t8?,9?,10?,11-,12+,13-,14?,15?,16+,17-,18-,19?,20-,21-,22-/m1/s1. The van der Waals surface area contributed by atoms with Crippen molar-refractivity contribution < 1.29 is 84.3 Å². The van der Waals surface area contributed by atoms with Crippen LogP contribution in [0.15, 0.2) is 10.2 Å². The smallest absolute Gasteiger partial charge is 0.407 e. The largest absolute Gasteiger partial charge is 0.438 e. The van der Waals surface area contributed by atoms with Crippen molar-refractivity contribution in [3.8, 4) is 12.3 Å². The van der Waals surface area contributed by atoms with Crippen molar-refractivity contribution in [3.05, 3.63) is 0 Å². The van der Waals surface area contributed by atoms with Crippen LogP contribution in [-0.4, -0.2) is 181 Å². The molecule has 0 bridgehead atoms. The quantitative estimate of drug-likeness (QED) is 0.0936. The normalized spacial score (nSPS) is 44.9. The first-order valence-corrected chi connectivity index (χ1v) is 13.6. The number of carbonyl (C=O) groups excluding carboxylic acids is 1. The molecule has 20 heteroatoms. The van der Waals surface area contributed by atoms with E-state index in [0.29, 0.717) is 0 Å². The van der Waals surface area contributed by atoms with E-state index in [1.54, 1.807) is 0 Å². The van der Waals surface area contributed by atoms with Gasteiger partial charge in [-0.2, -0.15) is 10.2 Å². The van der Waals surface area contributed by atoms with E-state index in [2.05, 4.69) is 21.5 Å². The molecule has 0 radical (unpaired) electrons. The maximum absolute atomic E-state index is 12.4. The minimum Gasteiger partial charge on any atom is -0.438 e. The van der Waals surface area contributed by atoms with Gasteiger partial charge in [0, 0.05) is 0 Å². The average Bonchev–Trinajstić information content (AvgIpc) is 3.78. The summed E-state index contributed by atoms with van der Waals surface area (Å²) in [5, 5.41) is 112. The number of rotatable bonds is 11. The molecule has 4 aliphatic rings. The number of nitrogens with zero attached hydrogens (tertiary/aromatic N) is 2. The summed E-state index contributed by atoms with van der Waals surface area (Å²) in [7, 11) is 0. The van der Waals surface area contributed by atoms with E-state index in [-0.39, 0.29) is 13.0 Å². The molecule has 4 heterocycles. The third-order valence-corrected chi connectivity index (χ3v) is 7.59. The molecule has 4 aliphatic heterocycles. The lowest BCUT2D eigenvalue weighted by atomic mass is 9.96. The molecule has 3 fully saturated rings. The number of ether oxygens (including phenoxy) is 6. The Bertz CT molecular complexity index is 1040. The highest BCUT2D eigenvalue weighted by atomic mass is 16.8. The fraction of sp³-hybridized carbons (Fsp3) is 0.875. The van der Waals surface area contributed by atoms with Gasteiger partial charge >= 0.3 is 6.09 Å². The van der Waals surface area contributed by atoms with Crippen LogP contribution in [0.25, 0.3) is 0 Å². The molecule has 0 aromatic heterocycles. The summed E-state index contributed by atoms with van der Waals surface area (Å²) in [6, 6.07) is 0. The number of carbonyl (C=O) groups is 1. The van der Waals surface area contributed by atoms with Crippen LogP contribution in [0.5, 0.6) is 0 Å². The van der Waals surface area contributed by atoms with Gasteiger partial charge in [-0.15, -0.1) is 12.3 Å². The molecule has 0 saturated carbocycles. The molecule has 0 aromatic rings. The highest BCUT2D eigenvalue weighted by Gasteiger charge is 2.54. The Hall–Kier alpha value is -2.17. The molecule has 4 rings (SSSR count). The van der Waals surface area contributed by atoms with Crippen molar-refractivity contribution in [1.29, 1.82) is 0 Å². The lowest BCUT2D eigenvalue weighted by Crippen LogP contribution is -2.66. The van der Waals surface area contributed by atoms with Crippen LogP contribution in [0.2, 0.25) is 0 Å². The predicted molar refractivity (Wildman–Crippen MR) is 135 cm³/mol. The molecule has 3 saturated heterocycles. The average molecular weight is 640 g/mol. The second-order valence-electron chi connectivity index (χ2n) is 10.6. The van der Waals surface area contributed by atoms with Crippen molar-refractivity contribution in [2.75, 3.05) is 26.4 Å². The van der Waals surface area contributed by atoms with Gasteiger partial charge in [-0.3, -0.25) is 0 Å². The second kappa shape index (κ2) is 14.5. The summed E-state index contributed by atoms with van der Waals surface area (Å²) >= 11 is 0. The molecule has 0 aromatic carbocycles. The van der Waals surface area contributed by atoms with Crippen LogP contribution in [0.1, 0.15) is 6.42 Å². The minimum atomic E-state index is -1.99. The third kappa shape index (κ3) is 7.28. The van der Waals surface area contributed by atoms with Crippen LogP contribution >= 0.6 is 0 Å². The second-order valence-corrected chi connectivity index (χ2v) is 10.6. The Morgan fingerprint density at radius 3 is 1.80 bits per heavy atom. The Kier molecular flexibility index (Phi) is 11.4. The Balaban J connectivity index is 1.41. The number of aliphatic hydroxyl groups excluding tert-OH is 10. The van der Waals surface area contributed by atoms with E-state index in [1.807, 2.05) is 0 Å². The van der Waals surface area contributed by atoms with Gasteiger partial charge in [0.15, 0.2) is 25.0 Å². The first-order chi connectivity index (χ1) is 20.9. The molecule has 250 valence electrons. The maximum Gasteiger partial charge on any atom is 0.407 e. The zero-order chi connectivity index (χ0) is 32.3. The monoisotopic (exact) mass is 639 g/mol. The van der Waals surface area contributed by atoms with E-state index in [1.165, 1.54) is 0 Å². The van der Waals surface area contributed by atoms with Crippen LogP contribution in [0, 0.1) is 12.3 Å². The van der Waals surface area contributed by atoms with Crippen molar-refractivity contribution in [3.63, 3.8) is 0 Å². The van der Waals surface area contributed by atoms with Gasteiger partial charge in [-0.05, 0) is 0 Å². The number of nitrogens with one attached hydrogen (secondary N) is 1. The van der Waals surface area contributed by atoms with Gasteiger partial charge in [0.2, 0.25) is 5.66 Å². The SMILES string of the molecule is C#CCC1(CNC(=O)OC2[C@H](O)OC(CO)[C@@H](O[C@H]3OC(CO)[C@@H](O[C@H]4OC(CO)[C@@H](O)[C@H](O)C4O)[C@H](O)C3O)[C@@H]2O)N=N1. The lowest BCUT2D eigenvalue weighted by molar-refractivity contribution is -0.377. The zero-order valence-corrected chi connectivity index (χ0v) is 23.0. The highest BCUT2D eigenvalue weighted by Crippen LogP contribution is 2.33. The maximum atomic E-state index is 12.4. The molecule has 6 unspecified atom stereocenters. The van der Waals surface area contributed by atoms with Gasteiger partial charge in [-0.25, -0.2) is 4.79 Å². The van der Waals surface area contributed by atoms with E-state index in [9.17, 15) is 55.9 Å². The molecule has 0 spiro atoms. The first-order valence-electron chi connectivity index (χ1n) is 13.6. The minimum absolute atomic E-state index is 0.109. The predicted octanol–water partition coefficient (Wildman–Crippen LogP) is -6.65. The van der Waals surface area contributed by atoms with E-state index >= 15 is 0 Å². The molecule has 0 aliphatic carbocycles. The molecule has 11 N–H and O–H groups in total. The van der Waals surface area contributed by atoms with E-state index in [4.69, 9.17) is 34.8 Å². The molecule has 15 atom stereocenters. The van der Waals surface area contributed by atoms with Crippen molar-refractivity contribution in [2.45, 2.75) is 104 Å². The van der Waals surface area contributed by atoms with Crippen molar-refractivity contribution in [1.82, 2.24) is 5.32 Å². The topological polar surface area (TPSA) is 312 Å². The Labute approximate surface area is 249 Å². The summed E-state index contributed by atoms with van der Waals surface area (Å²) in [6.45, 7) is -2.62. The lowest BCUT2D eigenvalue weighted by Gasteiger charge is -2.48. The summed E-state index contributed by atoms with van der Waals surface area (Å²) in [6.07, 6.45) is -21.9. The number of terminal acetylenes is 1. The van der Waals surface area contributed by atoms with Gasteiger partial charge in [0.1, 0.15) is 67.1 Å². The van der Waals surface area contributed by atoms with E-state index in [0.717, 1.165) is 0 Å². The molecular formula is C24H37N3O17. The third-order valence-electron chi connectivity index (χ3n) is 7.59. The number of hydrogen-bond acceptors (Lipinski definition) is 19. The summed E-state index contributed by atoms with van der Waals surface area (Å²) in [5.74, 6) is 2.35. The fourth-order valence-corrected chi connectivity index (χ4v) is 4.99. The van der Waals surface area contributed by atoms with Crippen LogP contribution in [-0.2, 0) is 28.4 Å². The zero-order valence-electron chi connectivity index (χ0n) is 23.0. The Morgan fingerprint density at radius 2 is 1.25 bits per heavy atom. The van der Waals surface area contributed by atoms with Crippen LogP contribution < -0.4 is 5.32 Å². The number of hydrogen-bond donors (Lipinski definition) is 11. The highest BCUT2D eigenvalue weighted by molar-refractivity contribution is 5.67. The summed E-state index contributed by atoms with van der Waals surface area (Å²) in [4.78, 5) is 12.4. The summed E-state index contributed by atoms with van der Waals surface area (Å²) < 4.78 is 32.2. The van der Waals surface area contributed by atoms with Crippen LogP contribution in [0.3, 0.4) is 0 Å². The van der Waals surface area contributed by atoms with Gasteiger partial charge in [0.25, 0.3) is 0 Å². The fourth-order valence-electron chi connectivity index (χ4n) is 4.99. The van der Waals surface area contributed by atoms with Crippen LogP contribution in [0.4, 0.5) is 4.79 Å². The van der Waals surface area contributed by atoms with Gasteiger partial charge in [0.05, 0.1) is 32.8 Å². The first kappa shape index (κ1) is 34.7. The van der Waals surface area contributed by atoms with E-state index < -0.39 is 124 Å². The molecule has 20 nitrogen and oxygen atoms in total. The number of alkyl carbamates (subject to hydrolysis) is 1. The molecule has 44 heavy (non-hydrogen) atoms. The van der Waals surface area contributed by atoms with Gasteiger partial charge < -0.3 is 84.8 Å².